The summed E-state index contributed by atoms with van der Waals surface area (Å²) in [5.41, 5.74) is 0.729. The molecule has 0 aliphatic carbocycles. The van der Waals surface area contributed by atoms with Crippen LogP contribution in [0.5, 0.6) is 11.8 Å². The minimum absolute atomic E-state index is 0.0647. The molecule has 0 saturated carbocycles. The van der Waals surface area contributed by atoms with E-state index >= 15 is 0 Å². The molecule has 0 saturated heterocycles. The van der Waals surface area contributed by atoms with Crippen molar-refractivity contribution in [3.05, 3.63) is 36.3 Å². The minimum Gasteiger partial charge on any atom is -0.481 e. The monoisotopic (exact) mass is 537 g/mol. The number of sulfonamides is 1. The Bertz CT molecular complexity index is 1250. The first-order valence-corrected chi connectivity index (χ1v) is 12.7. The molecule has 3 heterocycles. The maximum atomic E-state index is 13.5. The van der Waals surface area contributed by atoms with Gasteiger partial charge in [-0.1, -0.05) is 6.07 Å². The molecule has 0 aromatic carbocycles. The lowest BCUT2D eigenvalue weighted by atomic mass is 10.2. The first-order valence-electron chi connectivity index (χ1n) is 11.2. The molecular formula is C22H31N7O7S. The summed E-state index contributed by atoms with van der Waals surface area (Å²) < 4.78 is 57.6. The molecule has 3 aromatic heterocycles. The third-order valence-electron chi connectivity index (χ3n) is 5.54. The van der Waals surface area contributed by atoms with Crippen LogP contribution in [-0.2, 0) is 24.2 Å². The molecule has 0 bridgehead atoms. The first-order chi connectivity index (χ1) is 17.8. The maximum absolute atomic E-state index is 13.5. The third-order valence-corrected chi connectivity index (χ3v) is 7.23. The predicted molar refractivity (Wildman–Crippen MR) is 133 cm³/mol. The van der Waals surface area contributed by atoms with Crippen LogP contribution in [0.1, 0.15) is 31.4 Å². The lowest BCUT2D eigenvalue weighted by molar-refractivity contribution is 0.0189. The predicted octanol–water partition coefficient (Wildman–Crippen LogP) is 1.85. The van der Waals surface area contributed by atoms with Gasteiger partial charge in [-0.25, -0.2) is 18.4 Å². The number of ether oxygens (including phenoxy) is 5. The molecule has 0 aliphatic rings. The second-order valence-electron chi connectivity index (χ2n) is 7.75. The maximum Gasteiger partial charge on any atom is 0.240 e. The molecule has 15 heteroatoms. The summed E-state index contributed by atoms with van der Waals surface area (Å²) in [6.07, 6.45) is 1.57. The van der Waals surface area contributed by atoms with Crippen molar-refractivity contribution in [2.45, 2.75) is 30.9 Å². The lowest BCUT2D eigenvalue weighted by Gasteiger charge is -2.24. The molecular weight excluding hydrogens is 506 g/mol. The number of hydrogen-bond donors (Lipinski definition) is 1. The SMILES string of the molecule is COCCC(OC)n1c(NS(=O)(=O)[C@@H](C)[C@H](OC)c2cnc(OC)cn2)nnc1-c1cccc(OC)n1. The molecule has 37 heavy (non-hydrogen) atoms. The van der Waals surface area contributed by atoms with Crippen LogP contribution in [0.3, 0.4) is 0 Å². The molecule has 14 nitrogen and oxygen atoms in total. The van der Waals surface area contributed by atoms with Crippen LogP contribution in [0.4, 0.5) is 5.95 Å². The molecule has 202 valence electrons. The van der Waals surface area contributed by atoms with Gasteiger partial charge in [-0.15, -0.1) is 10.2 Å². The third kappa shape index (κ3) is 6.49. The Hall–Kier alpha value is -3.40. The number of rotatable bonds is 14. The van der Waals surface area contributed by atoms with E-state index in [1.165, 1.54) is 52.3 Å². The average molecular weight is 538 g/mol. The summed E-state index contributed by atoms with van der Waals surface area (Å²) >= 11 is 0. The molecule has 3 atom stereocenters. The smallest absolute Gasteiger partial charge is 0.240 e. The van der Waals surface area contributed by atoms with E-state index in [-0.39, 0.29) is 11.8 Å². The van der Waals surface area contributed by atoms with Crippen LogP contribution in [0.25, 0.3) is 11.5 Å². The van der Waals surface area contributed by atoms with Crippen LogP contribution in [-0.4, -0.2) is 85.5 Å². The van der Waals surface area contributed by atoms with E-state index in [4.69, 9.17) is 23.7 Å². The molecule has 0 spiro atoms. The fourth-order valence-corrected chi connectivity index (χ4v) is 4.70. The fraction of sp³-hybridized carbons (Fsp3) is 0.500. The fourth-order valence-electron chi connectivity index (χ4n) is 3.55. The Kier molecular flexibility index (Phi) is 9.68. The van der Waals surface area contributed by atoms with Crippen LogP contribution >= 0.6 is 0 Å². The van der Waals surface area contributed by atoms with Crippen molar-refractivity contribution in [3.8, 4) is 23.3 Å². The van der Waals surface area contributed by atoms with Gasteiger partial charge in [-0.3, -0.25) is 14.3 Å². The second-order valence-corrected chi connectivity index (χ2v) is 9.78. The summed E-state index contributed by atoms with van der Waals surface area (Å²) in [5.74, 6) is 0.861. The topological polar surface area (TPSA) is 162 Å². The first kappa shape index (κ1) is 28.2. The van der Waals surface area contributed by atoms with E-state index in [1.807, 2.05) is 0 Å². The van der Waals surface area contributed by atoms with Gasteiger partial charge in [0, 0.05) is 33.8 Å². The summed E-state index contributed by atoms with van der Waals surface area (Å²) in [5, 5.41) is 7.22. The van der Waals surface area contributed by atoms with Gasteiger partial charge in [0.25, 0.3) is 0 Å². The van der Waals surface area contributed by atoms with Gasteiger partial charge in [0.2, 0.25) is 27.7 Å². The quantitative estimate of drug-likeness (QED) is 0.318. The second kappa shape index (κ2) is 12.7. The number of hydrogen-bond acceptors (Lipinski definition) is 12. The minimum atomic E-state index is -4.08. The van der Waals surface area contributed by atoms with Crippen molar-refractivity contribution in [1.82, 2.24) is 29.7 Å². The molecule has 3 rings (SSSR count). The number of pyridine rings is 1. The summed E-state index contributed by atoms with van der Waals surface area (Å²) in [4.78, 5) is 12.7. The summed E-state index contributed by atoms with van der Waals surface area (Å²) in [6.45, 7) is 1.83. The van der Waals surface area contributed by atoms with Crippen molar-refractivity contribution >= 4 is 16.0 Å². The van der Waals surface area contributed by atoms with Crippen LogP contribution in [0.2, 0.25) is 0 Å². The van der Waals surface area contributed by atoms with Gasteiger partial charge < -0.3 is 23.7 Å². The highest BCUT2D eigenvalue weighted by Crippen LogP contribution is 2.30. The highest BCUT2D eigenvalue weighted by molar-refractivity contribution is 7.93. The number of anilines is 1. The highest BCUT2D eigenvalue weighted by Gasteiger charge is 2.34. The number of nitrogens with one attached hydrogen (secondary N) is 1. The van der Waals surface area contributed by atoms with Crippen molar-refractivity contribution in [2.75, 3.05) is 46.9 Å². The largest absolute Gasteiger partial charge is 0.481 e. The Morgan fingerprint density at radius 1 is 0.973 bits per heavy atom. The average Bonchev–Trinajstić information content (AvgIpc) is 3.32. The normalized spacial score (nSPS) is 14.1. The lowest BCUT2D eigenvalue weighted by Crippen LogP contribution is -2.33. The van der Waals surface area contributed by atoms with Gasteiger partial charge in [0.05, 0.1) is 38.9 Å². The zero-order valence-electron chi connectivity index (χ0n) is 21.5. The number of nitrogens with zero attached hydrogens (tertiary/aromatic N) is 6. The number of methoxy groups -OCH3 is 5. The Balaban J connectivity index is 2.00. The molecule has 0 radical (unpaired) electrons. The van der Waals surface area contributed by atoms with Crippen molar-refractivity contribution in [3.63, 3.8) is 0 Å². The van der Waals surface area contributed by atoms with E-state index in [0.29, 0.717) is 36.2 Å². The van der Waals surface area contributed by atoms with Crippen molar-refractivity contribution in [1.29, 1.82) is 0 Å². The van der Waals surface area contributed by atoms with Gasteiger partial charge in [0.1, 0.15) is 23.3 Å². The molecule has 3 aromatic rings. The zero-order chi connectivity index (χ0) is 27.0. The highest BCUT2D eigenvalue weighted by atomic mass is 32.2. The van der Waals surface area contributed by atoms with E-state index in [2.05, 4.69) is 29.9 Å². The molecule has 0 amide bonds. The van der Waals surface area contributed by atoms with E-state index < -0.39 is 27.6 Å². The molecule has 1 unspecified atom stereocenters. The molecule has 0 fully saturated rings. The van der Waals surface area contributed by atoms with Gasteiger partial charge in [-0.05, 0) is 13.0 Å². The van der Waals surface area contributed by atoms with Gasteiger partial charge in [-0.2, -0.15) is 0 Å². The summed E-state index contributed by atoms with van der Waals surface area (Å²) in [6, 6.07) is 5.12. The molecule has 1 N–H and O–H groups in total. The standard InChI is InChI=1S/C22H31N7O7S/c1-14(20(36-6)16-12-24-18(34-4)13-23-16)37(30,31)28-22-27-26-21(15-8-7-9-17(25-15)33-3)29(22)19(35-5)10-11-32-2/h7-9,12-14,19-20H,10-11H2,1-6H3,(H,27,28)/t14-,19?,20-/m0/s1. The number of aromatic nitrogens is 6. The van der Waals surface area contributed by atoms with Crippen molar-refractivity contribution in [2.24, 2.45) is 0 Å². The van der Waals surface area contributed by atoms with E-state index in [0.717, 1.165) is 0 Å². The zero-order valence-corrected chi connectivity index (χ0v) is 22.3. The van der Waals surface area contributed by atoms with E-state index in [1.54, 1.807) is 25.3 Å². The van der Waals surface area contributed by atoms with Crippen LogP contribution < -0.4 is 14.2 Å². The Labute approximate surface area is 215 Å². The Morgan fingerprint density at radius 3 is 2.32 bits per heavy atom. The Morgan fingerprint density at radius 2 is 1.73 bits per heavy atom. The van der Waals surface area contributed by atoms with E-state index in [9.17, 15) is 8.42 Å². The van der Waals surface area contributed by atoms with Crippen LogP contribution in [0.15, 0.2) is 30.6 Å². The van der Waals surface area contributed by atoms with Crippen molar-refractivity contribution < 1.29 is 32.1 Å². The van der Waals surface area contributed by atoms with Gasteiger partial charge in [0.15, 0.2) is 5.82 Å². The van der Waals surface area contributed by atoms with Crippen LogP contribution in [0, 0.1) is 0 Å². The summed E-state index contributed by atoms with van der Waals surface area (Å²) in [7, 11) is 3.31. The van der Waals surface area contributed by atoms with Gasteiger partial charge >= 0.3 is 0 Å². The molecule has 0 aliphatic heterocycles.